The second-order valence-electron chi connectivity index (χ2n) is 8.10. The number of hydrogen-bond acceptors (Lipinski definition) is 5. The van der Waals surface area contributed by atoms with Crippen molar-refractivity contribution < 1.29 is 45.7 Å². The van der Waals surface area contributed by atoms with Crippen LogP contribution in [-0.2, 0) is 15.1 Å². The van der Waals surface area contributed by atoms with Crippen LogP contribution in [0.25, 0.3) is 0 Å². The third-order valence-electron chi connectivity index (χ3n) is 6.09. The number of piperidine rings is 1. The molecule has 3 unspecified atom stereocenters. The third-order valence-corrected chi connectivity index (χ3v) is 6.09. The van der Waals surface area contributed by atoms with Gasteiger partial charge in [-0.3, -0.25) is 4.79 Å². The van der Waals surface area contributed by atoms with Gasteiger partial charge in [0.1, 0.15) is 30.1 Å². The largest absolute Gasteiger partial charge is 0.493 e. The lowest BCUT2D eigenvalue weighted by Crippen LogP contribution is -2.53. The predicted molar refractivity (Wildman–Crippen MR) is 109 cm³/mol. The summed E-state index contributed by atoms with van der Waals surface area (Å²) in [6, 6.07) is 6.96. The van der Waals surface area contributed by atoms with E-state index in [1.807, 2.05) is 0 Å². The zero-order valence-electron chi connectivity index (χ0n) is 18.3. The van der Waals surface area contributed by atoms with Crippen molar-refractivity contribution in [2.24, 2.45) is 0 Å². The Morgan fingerprint density at radius 3 is 2.65 bits per heavy atom. The molecule has 2 heterocycles. The molecule has 0 aromatic heterocycles. The van der Waals surface area contributed by atoms with E-state index < -0.39 is 41.5 Å². The molecule has 0 bridgehead atoms. The van der Waals surface area contributed by atoms with Gasteiger partial charge < -0.3 is 23.8 Å². The number of halogens is 5. The molecule has 2 aromatic rings. The Kier molecular flexibility index (Phi) is 6.43. The number of methoxy groups -OCH3 is 1. The fourth-order valence-electron chi connectivity index (χ4n) is 4.20. The minimum Gasteiger partial charge on any atom is -0.493 e. The summed E-state index contributed by atoms with van der Waals surface area (Å²) < 4.78 is 88.2. The first-order chi connectivity index (χ1) is 16.0. The summed E-state index contributed by atoms with van der Waals surface area (Å²) in [5, 5.41) is 0. The van der Waals surface area contributed by atoms with Crippen molar-refractivity contribution in [3.05, 3.63) is 59.2 Å². The van der Waals surface area contributed by atoms with Crippen molar-refractivity contribution in [3.8, 4) is 11.5 Å². The average Bonchev–Trinajstić information content (AvgIpc) is 3.23. The van der Waals surface area contributed by atoms with E-state index in [0.29, 0.717) is 0 Å². The summed E-state index contributed by atoms with van der Waals surface area (Å²) in [5.41, 5.74) is -1.04. The molecule has 11 heteroatoms. The molecule has 0 saturated carbocycles. The number of carbonyl (C=O) groups excluding carboxylic acids is 1. The maximum Gasteiger partial charge on any atom is 0.425 e. The molecule has 2 aromatic carbocycles. The lowest BCUT2D eigenvalue weighted by atomic mass is 9.81. The van der Waals surface area contributed by atoms with Gasteiger partial charge in [-0.15, -0.1) is 0 Å². The fraction of sp³-hybridized carbons (Fsp3) is 0.435. The van der Waals surface area contributed by atoms with Gasteiger partial charge in [-0.2, -0.15) is 13.2 Å². The Morgan fingerprint density at radius 2 is 1.94 bits per heavy atom. The standard InChI is InChI=1S/C23H22F5NO5/c1-13(23(26,27)28)34-18-6-3-14(9-19(18)31-2)21(30)29-8-7-22(20(11-29)32-12-33-22)16-10-15(24)4-5-17(16)25/h3-6,9-10,13,20H,7-8,11-12H2,1-2H3. The normalized spacial score (nSPS) is 23.4. The van der Waals surface area contributed by atoms with Crippen molar-refractivity contribution in [2.45, 2.75) is 37.3 Å². The number of carbonyl (C=O) groups is 1. The van der Waals surface area contributed by atoms with Crippen molar-refractivity contribution in [3.63, 3.8) is 0 Å². The molecule has 0 aliphatic carbocycles. The molecular formula is C23H22F5NO5. The van der Waals surface area contributed by atoms with Crippen LogP contribution in [0.5, 0.6) is 11.5 Å². The van der Waals surface area contributed by atoms with E-state index in [1.165, 1.54) is 30.2 Å². The molecule has 6 nitrogen and oxygen atoms in total. The van der Waals surface area contributed by atoms with Gasteiger partial charge in [0, 0.05) is 24.1 Å². The van der Waals surface area contributed by atoms with Gasteiger partial charge in [0.2, 0.25) is 0 Å². The van der Waals surface area contributed by atoms with Gasteiger partial charge in [0.15, 0.2) is 17.6 Å². The van der Waals surface area contributed by atoms with Crippen LogP contribution in [0.1, 0.15) is 29.3 Å². The Bertz CT molecular complexity index is 1080. The van der Waals surface area contributed by atoms with E-state index in [9.17, 15) is 26.7 Å². The van der Waals surface area contributed by atoms with Crippen molar-refractivity contribution in [1.29, 1.82) is 0 Å². The first kappa shape index (κ1) is 24.2. The van der Waals surface area contributed by atoms with Crippen LogP contribution < -0.4 is 9.47 Å². The molecule has 1 amide bonds. The van der Waals surface area contributed by atoms with E-state index in [4.69, 9.17) is 18.9 Å². The zero-order chi connectivity index (χ0) is 24.7. The van der Waals surface area contributed by atoms with Gasteiger partial charge in [0.25, 0.3) is 5.91 Å². The molecule has 0 radical (unpaired) electrons. The van der Waals surface area contributed by atoms with Crippen LogP contribution in [0.2, 0.25) is 0 Å². The quantitative estimate of drug-likeness (QED) is 0.585. The molecule has 2 aliphatic rings. The minimum absolute atomic E-state index is 0.0315. The monoisotopic (exact) mass is 487 g/mol. The second-order valence-corrected chi connectivity index (χ2v) is 8.10. The number of hydrogen-bond donors (Lipinski definition) is 0. The molecule has 184 valence electrons. The molecule has 4 rings (SSSR count). The molecule has 0 spiro atoms. The van der Waals surface area contributed by atoms with Crippen molar-refractivity contribution in [1.82, 2.24) is 4.90 Å². The van der Waals surface area contributed by atoms with Crippen molar-refractivity contribution >= 4 is 5.91 Å². The molecule has 34 heavy (non-hydrogen) atoms. The number of benzene rings is 2. The van der Waals surface area contributed by atoms with Crippen LogP contribution in [0.3, 0.4) is 0 Å². The summed E-state index contributed by atoms with van der Waals surface area (Å²) in [6.45, 7) is 0.921. The Balaban J connectivity index is 1.53. The fourth-order valence-corrected chi connectivity index (χ4v) is 4.20. The Hall–Kier alpha value is -2.92. The summed E-state index contributed by atoms with van der Waals surface area (Å²) in [4.78, 5) is 14.6. The van der Waals surface area contributed by atoms with Gasteiger partial charge >= 0.3 is 6.18 Å². The van der Waals surface area contributed by atoms with Crippen LogP contribution in [-0.4, -0.2) is 56.2 Å². The highest BCUT2D eigenvalue weighted by molar-refractivity contribution is 5.95. The molecule has 3 atom stereocenters. The minimum atomic E-state index is -4.57. The average molecular weight is 487 g/mol. The smallest absolute Gasteiger partial charge is 0.425 e. The van der Waals surface area contributed by atoms with Gasteiger partial charge in [-0.05, 0) is 43.3 Å². The molecule has 2 fully saturated rings. The van der Waals surface area contributed by atoms with Crippen LogP contribution >= 0.6 is 0 Å². The van der Waals surface area contributed by atoms with Gasteiger partial charge in [-0.25, -0.2) is 8.78 Å². The topological polar surface area (TPSA) is 57.2 Å². The van der Waals surface area contributed by atoms with E-state index in [-0.39, 0.29) is 48.9 Å². The van der Waals surface area contributed by atoms with E-state index >= 15 is 0 Å². The lowest BCUT2D eigenvalue weighted by molar-refractivity contribution is -0.189. The maximum atomic E-state index is 14.5. The number of ether oxygens (including phenoxy) is 4. The SMILES string of the molecule is COc1cc(C(=O)N2CCC3(c4cc(F)ccc4F)OCOC3C2)ccc1OC(C)C(F)(F)F. The summed E-state index contributed by atoms with van der Waals surface area (Å²) in [7, 11) is 1.25. The Labute approximate surface area is 192 Å². The molecular weight excluding hydrogens is 465 g/mol. The summed E-state index contributed by atoms with van der Waals surface area (Å²) >= 11 is 0. The lowest BCUT2D eigenvalue weighted by Gasteiger charge is -2.42. The van der Waals surface area contributed by atoms with E-state index in [2.05, 4.69) is 0 Å². The summed E-state index contributed by atoms with van der Waals surface area (Å²) in [6.07, 6.45) is -7.21. The van der Waals surface area contributed by atoms with Crippen LogP contribution in [0, 0.1) is 11.6 Å². The second kappa shape index (κ2) is 9.03. The number of likely N-dealkylation sites (tertiary alicyclic amines) is 1. The first-order valence-corrected chi connectivity index (χ1v) is 10.5. The van der Waals surface area contributed by atoms with E-state index in [0.717, 1.165) is 25.1 Å². The van der Waals surface area contributed by atoms with Crippen LogP contribution in [0.15, 0.2) is 36.4 Å². The van der Waals surface area contributed by atoms with Gasteiger partial charge in [-0.1, -0.05) is 0 Å². The van der Waals surface area contributed by atoms with Gasteiger partial charge in [0.05, 0.1) is 13.7 Å². The van der Waals surface area contributed by atoms with Crippen LogP contribution in [0.4, 0.5) is 22.0 Å². The number of alkyl halides is 3. The first-order valence-electron chi connectivity index (χ1n) is 10.5. The molecule has 2 aliphatic heterocycles. The zero-order valence-corrected chi connectivity index (χ0v) is 18.3. The number of fused-ring (bicyclic) bond motifs is 1. The number of nitrogens with zero attached hydrogens (tertiary/aromatic N) is 1. The van der Waals surface area contributed by atoms with Crippen molar-refractivity contribution in [2.75, 3.05) is 27.0 Å². The highest BCUT2D eigenvalue weighted by atomic mass is 19.4. The highest BCUT2D eigenvalue weighted by Crippen LogP contribution is 2.44. The number of amides is 1. The molecule has 2 saturated heterocycles. The molecule has 0 N–H and O–H groups in total. The highest BCUT2D eigenvalue weighted by Gasteiger charge is 2.52. The van der Waals surface area contributed by atoms with E-state index in [1.54, 1.807) is 0 Å². The Morgan fingerprint density at radius 1 is 1.18 bits per heavy atom. The predicted octanol–water partition coefficient (Wildman–Crippen LogP) is 4.42. The maximum absolute atomic E-state index is 14.5. The summed E-state index contributed by atoms with van der Waals surface area (Å²) in [5.74, 6) is -1.87. The third kappa shape index (κ3) is 4.41. The number of rotatable bonds is 5.